The molecular weight excluding hydrogens is 276 g/mol. The van der Waals surface area contributed by atoms with Crippen LogP contribution in [0, 0.1) is 5.41 Å². The Morgan fingerprint density at radius 1 is 1.35 bits per heavy atom. The number of hydrogen-bond acceptors (Lipinski definition) is 4. The van der Waals surface area contributed by atoms with E-state index in [0.717, 1.165) is 18.4 Å². The molecule has 0 aliphatic heterocycles. The maximum absolute atomic E-state index is 11.4. The molecule has 0 radical (unpaired) electrons. The van der Waals surface area contributed by atoms with Crippen molar-refractivity contribution in [1.29, 1.82) is 0 Å². The Labute approximate surface area is 122 Å². The Morgan fingerprint density at radius 3 is 2.50 bits per heavy atom. The van der Waals surface area contributed by atoms with Gasteiger partial charge in [0.1, 0.15) is 5.25 Å². The quantitative estimate of drug-likeness (QED) is 0.783. The zero-order chi connectivity index (χ0) is 14.6. The maximum Gasteiger partial charge on any atom is 0.321 e. The minimum absolute atomic E-state index is 0.0553. The number of aliphatic carboxylic acids is 1. The normalized spacial score (nSPS) is 17.2. The van der Waals surface area contributed by atoms with Gasteiger partial charge in [0.05, 0.1) is 13.5 Å². The highest BCUT2D eigenvalue weighted by molar-refractivity contribution is 8.00. The number of esters is 1. The van der Waals surface area contributed by atoms with Crippen LogP contribution in [0.15, 0.2) is 30.3 Å². The fourth-order valence-corrected chi connectivity index (χ4v) is 3.53. The van der Waals surface area contributed by atoms with Crippen LogP contribution in [0.3, 0.4) is 0 Å². The highest BCUT2D eigenvalue weighted by Gasteiger charge is 2.45. The summed E-state index contributed by atoms with van der Waals surface area (Å²) in [5.74, 6) is -0.377. The molecule has 1 fully saturated rings. The maximum atomic E-state index is 11.4. The molecule has 4 nitrogen and oxygen atoms in total. The molecule has 1 aromatic carbocycles. The highest BCUT2D eigenvalue weighted by atomic mass is 32.2. The van der Waals surface area contributed by atoms with E-state index < -0.39 is 11.2 Å². The van der Waals surface area contributed by atoms with Gasteiger partial charge < -0.3 is 9.84 Å². The number of methoxy groups -OCH3 is 1. The molecule has 1 N–H and O–H groups in total. The van der Waals surface area contributed by atoms with Gasteiger partial charge in [0.25, 0.3) is 0 Å². The van der Waals surface area contributed by atoms with E-state index in [1.807, 2.05) is 30.3 Å². The zero-order valence-corrected chi connectivity index (χ0v) is 12.2. The Bertz CT molecular complexity index is 482. The Kier molecular flexibility index (Phi) is 4.70. The number of thioether (sulfide) groups is 1. The molecule has 0 aromatic heterocycles. The summed E-state index contributed by atoms with van der Waals surface area (Å²) in [4.78, 5) is 22.8. The standard InChI is InChI=1S/C15H18O4S/c1-19-12(16)9-15(7-8-15)10-20-13(14(17)18)11-5-3-2-4-6-11/h2-6,13H,7-10H2,1H3,(H,17,18). The van der Waals surface area contributed by atoms with Gasteiger partial charge >= 0.3 is 11.9 Å². The van der Waals surface area contributed by atoms with Crippen molar-refractivity contribution in [3.05, 3.63) is 35.9 Å². The van der Waals surface area contributed by atoms with Crippen molar-refractivity contribution < 1.29 is 19.4 Å². The van der Waals surface area contributed by atoms with Crippen molar-refractivity contribution in [2.24, 2.45) is 5.41 Å². The number of carboxylic acid groups (broad SMARTS) is 1. The second-order valence-electron chi connectivity index (χ2n) is 5.19. The monoisotopic (exact) mass is 294 g/mol. The average molecular weight is 294 g/mol. The van der Waals surface area contributed by atoms with E-state index in [2.05, 4.69) is 0 Å². The van der Waals surface area contributed by atoms with Gasteiger partial charge in [0, 0.05) is 5.75 Å². The second-order valence-corrected chi connectivity index (χ2v) is 6.29. The van der Waals surface area contributed by atoms with Crippen LogP contribution in [-0.2, 0) is 14.3 Å². The van der Waals surface area contributed by atoms with Crippen LogP contribution in [0.25, 0.3) is 0 Å². The summed E-state index contributed by atoms with van der Waals surface area (Å²) in [6.07, 6.45) is 2.32. The molecule has 1 unspecified atom stereocenters. The number of carbonyl (C=O) groups excluding carboxylic acids is 1. The second kappa shape index (κ2) is 6.31. The van der Waals surface area contributed by atoms with E-state index >= 15 is 0 Å². The lowest BCUT2D eigenvalue weighted by Crippen LogP contribution is -2.16. The molecule has 0 spiro atoms. The number of hydrogen-bond donors (Lipinski definition) is 1. The third kappa shape index (κ3) is 3.76. The van der Waals surface area contributed by atoms with Crippen molar-refractivity contribution in [2.45, 2.75) is 24.5 Å². The molecule has 20 heavy (non-hydrogen) atoms. The van der Waals surface area contributed by atoms with Crippen molar-refractivity contribution >= 4 is 23.7 Å². The van der Waals surface area contributed by atoms with Gasteiger partial charge in [-0.3, -0.25) is 9.59 Å². The minimum Gasteiger partial charge on any atom is -0.480 e. The van der Waals surface area contributed by atoms with Crippen LogP contribution in [0.4, 0.5) is 0 Å². The van der Waals surface area contributed by atoms with Crippen LogP contribution in [0.1, 0.15) is 30.1 Å². The third-order valence-corrected chi connectivity index (χ3v) is 5.17. The summed E-state index contributed by atoms with van der Waals surface area (Å²) in [6, 6.07) is 9.20. The van der Waals surface area contributed by atoms with Gasteiger partial charge in [-0.25, -0.2) is 0 Å². The molecule has 0 amide bonds. The summed E-state index contributed by atoms with van der Waals surface area (Å²) in [6.45, 7) is 0. The first-order valence-corrected chi connectivity index (χ1v) is 7.57. The molecule has 1 atom stereocenters. The van der Waals surface area contributed by atoms with Gasteiger partial charge in [0.15, 0.2) is 0 Å². The fraction of sp³-hybridized carbons (Fsp3) is 0.467. The van der Waals surface area contributed by atoms with Crippen molar-refractivity contribution in [1.82, 2.24) is 0 Å². The predicted octanol–water partition coefficient (Wildman–Crippen LogP) is 2.89. The molecular formula is C15H18O4S. The summed E-state index contributed by atoms with van der Waals surface area (Å²) >= 11 is 1.40. The van der Waals surface area contributed by atoms with Crippen LogP contribution >= 0.6 is 11.8 Å². The van der Waals surface area contributed by atoms with Gasteiger partial charge in [-0.15, -0.1) is 11.8 Å². The largest absolute Gasteiger partial charge is 0.480 e. The van der Waals surface area contributed by atoms with Crippen LogP contribution in [0.5, 0.6) is 0 Å². The van der Waals surface area contributed by atoms with Crippen molar-refractivity contribution in [3.63, 3.8) is 0 Å². The molecule has 1 aromatic rings. The molecule has 1 saturated carbocycles. The highest BCUT2D eigenvalue weighted by Crippen LogP contribution is 2.53. The van der Waals surface area contributed by atoms with Gasteiger partial charge in [-0.2, -0.15) is 0 Å². The number of ether oxygens (including phenoxy) is 1. The van der Waals surface area contributed by atoms with E-state index in [1.54, 1.807) is 0 Å². The number of carbonyl (C=O) groups is 2. The van der Waals surface area contributed by atoms with Crippen LogP contribution in [0.2, 0.25) is 0 Å². The SMILES string of the molecule is COC(=O)CC1(CSC(C(=O)O)c2ccccc2)CC1. The molecule has 1 aliphatic rings. The van der Waals surface area contributed by atoms with E-state index in [-0.39, 0.29) is 11.4 Å². The summed E-state index contributed by atoms with van der Waals surface area (Å²) in [5, 5.41) is 8.78. The lowest BCUT2D eigenvalue weighted by Gasteiger charge is -2.17. The van der Waals surface area contributed by atoms with Gasteiger partial charge in [-0.05, 0) is 23.8 Å². The number of benzene rings is 1. The van der Waals surface area contributed by atoms with Crippen molar-refractivity contribution in [2.75, 3.05) is 12.9 Å². The molecule has 108 valence electrons. The first-order valence-electron chi connectivity index (χ1n) is 6.52. The van der Waals surface area contributed by atoms with Crippen LogP contribution in [-0.4, -0.2) is 29.9 Å². The molecule has 0 saturated heterocycles. The van der Waals surface area contributed by atoms with Gasteiger partial charge in [-0.1, -0.05) is 30.3 Å². The van der Waals surface area contributed by atoms with Gasteiger partial charge in [0.2, 0.25) is 0 Å². The molecule has 0 heterocycles. The molecule has 1 aliphatic carbocycles. The van der Waals surface area contributed by atoms with Crippen molar-refractivity contribution in [3.8, 4) is 0 Å². The Morgan fingerprint density at radius 2 is 2.00 bits per heavy atom. The number of carboxylic acids is 1. The fourth-order valence-electron chi connectivity index (χ4n) is 2.13. The topological polar surface area (TPSA) is 63.6 Å². The number of rotatable bonds is 7. The summed E-state index contributed by atoms with van der Waals surface area (Å²) in [7, 11) is 1.38. The smallest absolute Gasteiger partial charge is 0.321 e. The third-order valence-electron chi connectivity index (χ3n) is 3.59. The predicted molar refractivity (Wildman–Crippen MR) is 77.6 cm³/mol. The molecule has 0 bridgehead atoms. The first kappa shape index (κ1) is 14.9. The van der Waals surface area contributed by atoms with E-state index in [1.165, 1.54) is 18.9 Å². The molecule has 2 rings (SSSR count). The Balaban J connectivity index is 1.97. The lowest BCUT2D eigenvalue weighted by molar-refractivity contribution is -0.141. The zero-order valence-electron chi connectivity index (χ0n) is 11.4. The average Bonchev–Trinajstić information content (AvgIpc) is 3.19. The first-order chi connectivity index (χ1) is 9.56. The molecule has 5 heteroatoms. The summed E-state index contributed by atoms with van der Waals surface area (Å²) < 4.78 is 4.70. The Hall–Kier alpha value is -1.49. The van der Waals surface area contributed by atoms with E-state index in [0.29, 0.717) is 12.2 Å². The minimum atomic E-state index is -0.838. The van der Waals surface area contributed by atoms with E-state index in [9.17, 15) is 14.7 Å². The summed E-state index contributed by atoms with van der Waals surface area (Å²) in [5.41, 5.74) is 0.735. The van der Waals surface area contributed by atoms with Crippen LogP contribution < -0.4 is 0 Å². The lowest BCUT2D eigenvalue weighted by atomic mass is 10.1. The van der Waals surface area contributed by atoms with E-state index in [4.69, 9.17) is 4.74 Å².